The Labute approximate surface area is 151 Å². The highest BCUT2D eigenvalue weighted by Crippen LogP contribution is 2.33. The number of aliphatic hydroxyl groups excluding tert-OH is 1. The number of nitrogens with two attached hydrogens (primary N) is 1. The summed E-state index contributed by atoms with van der Waals surface area (Å²) >= 11 is 0. The smallest absolute Gasteiger partial charge is 0.167 e. The van der Waals surface area contributed by atoms with Crippen LogP contribution in [0.3, 0.4) is 0 Å². The molecule has 0 aliphatic carbocycles. The fourth-order valence-corrected chi connectivity index (χ4v) is 3.18. The molecule has 4 rings (SSSR count). The Morgan fingerprint density at radius 3 is 2.58 bits per heavy atom. The highest BCUT2D eigenvalue weighted by molar-refractivity contribution is 5.92. The van der Waals surface area contributed by atoms with E-state index < -0.39 is 0 Å². The lowest BCUT2D eigenvalue weighted by molar-refractivity contribution is 0.276. The van der Waals surface area contributed by atoms with E-state index in [9.17, 15) is 5.11 Å². The van der Waals surface area contributed by atoms with Crippen molar-refractivity contribution in [2.24, 2.45) is 5.73 Å². The van der Waals surface area contributed by atoms with Crippen molar-refractivity contribution in [1.29, 1.82) is 0 Å². The second-order valence-corrected chi connectivity index (χ2v) is 6.20. The van der Waals surface area contributed by atoms with Gasteiger partial charge in [-0.2, -0.15) is 0 Å². The molecule has 26 heavy (non-hydrogen) atoms. The van der Waals surface area contributed by atoms with E-state index in [0.717, 1.165) is 33.5 Å². The molecule has 130 valence electrons. The summed E-state index contributed by atoms with van der Waals surface area (Å²) in [5.74, 6) is 0. The fraction of sp³-hybridized carbons (Fsp3) is 0.143. The third kappa shape index (κ3) is 3.10. The molecule has 0 fully saturated rings. The summed E-state index contributed by atoms with van der Waals surface area (Å²) in [4.78, 5) is 4.43. The SMILES string of the molecule is N[C@@H](Cc1cccc(CO)n1)c1ccccc1-c1noc2ccccc12. The van der Waals surface area contributed by atoms with Gasteiger partial charge < -0.3 is 15.4 Å². The molecular weight excluding hydrogens is 326 g/mol. The maximum atomic E-state index is 9.27. The lowest BCUT2D eigenvalue weighted by Gasteiger charge is -2.15. The first-order chi connectivity index (χ1) is 12.8. The number of hydrogen-bond donors (Lipinski definition) is 2. The zero-order chi connectivity index (χ0) is 17.9. The van der Waals surface area contributed by atoms with Crippen LogP contribution < -0.4 is 5.73 Å². The fourth-order valence-electron chi connectivity index (χ4n) is 3.18. The van der Waals surface area contributed by atoms with Gasteiger partial charge in [0.05, 0.1) is 12.3 Å². The Kier molecular flexibility index (Phi) is 4.48. The number of hydrogen-bond acceptors (Lipinski definition) is 5. The predicted octanol–water partition coefficient (Wildman–Crippen LogP) is 3.62. The first-order valence-corrected chi connectivity index (χ1v) is 8.51. The number of rotatable bonds is 5. The minimum Gasteiger partial charge on any atom is -0.390 e. The van der Waals surface area contributed by atoms with Gasteiger partial charge in [0, 0.05) is 29.1 Å². The van der Waals surface area contributed by atoms with Crippen molar-refractivity contribution in [2.45, 2.75) is 19.1 Å². The maximum absolute atomic E-state index is 9.27. The molecule has 5 nitrogen and oxygen atoms in total. The van der Waals surface area contributed by atoms with Gasteiger partial charge in [-0.3, -0.25) is 4.98 Å². The largest absolute Gasteiger partial charge is 0.390 e. The van der Waals surface area contributed by atoms with Crippen molar-refractivity contribution in [3.8, 4) is 11.3 Å². The molecule has 3 N–H and O–H groups in total. The molecule has 0 radical (unpaired) electrons. The van der Waals surface area contributed by atoms with Crippen molar-refractivity contribution in [2.75, 3.05) is 0 Å². The summed E-state index contributed by atoms with van der Waals surface area (Å²) < 4.78 is 5.46. The molecule has 0 saturated heterocycles. The molecule has 4 aromatic rings. The van der Waals surface area contributed by atoms with Crippen LogP contribution in [-0.4, -0.2) is 15.2 Å². The number of benzene rings is 2. The van der Waals surface area contributed by atoms with Gasteiger partial charge >= 0.3 is 0 Å². The van der Waals surface area contributed by atoms with Crippen molar-refractivity contribution in [1.82, 2.24) is 10.1 Å². The van der Waals surface area contributed by atoms with E-state index >= 15 is 0 Å². The first kappa shape index (κ1) is 16.4. The van der Waals surface area contributed by atoms with Crippen molar-refractivity contribution < 1.29 is 9.63 Å². The lowest BCUT2D eigenvalue weighted by atomic mass is 9.94. The third-order valence-electron chi connectivity index (χ3n) is 4.45. The predicted molar refractivity (Wildman–Crippen MR) is 100 cm³/mol. The number of nitrogens with zero attached hydrogens (tertiary/aromatic N) is 2. The Hall–Kier alpha value is -3.02. The van der Waals surface area contributed by atoms with E-state index in [1.54, 1.807) is 6.07 Å². The second-order valence-electron chi connectivity index (χ2n) is 6.20. The van der Waals surface area contributed by atoms with Crippen molar-refractivity contribution >= 4 is 11.0 Å². The van der Waals surface area contributed by atoms with E-state index in [1.165, 1.54) is 0 Å². The number of aromatic nitrogens is 2. The Bertz CT molecular complexity index is 1040. The molecule has 0 saturated carbocycles. The quantitative estimate of drug-likeness (QED) is 0.577. The maximum Gasteiger partial charge on any atom is 0.167 e. The zero-order valence-corrected chi connectivity index (χ0v) is 14.2. The average Bonchev–Trinajstić information content (AvgIpc) is 3.12. The molecule has 0 unspecified atom stereocenters. The molecule has 2 aromatic carbocycles. The van der Waals surface area contributed by atoms with Gasteiger partial charge in [0.1, 0.15) is 5.69 Å². The van der Waals surface area contributed by atoms with Crippen LogP contribution in [0.2, 0.25) is 0 Å². The molecule has 0 aliphatic heterocycles. The van der Waals surface area contributed by atoms with Crippen LogP contribution >= 0.6 is 0 Å². The molecule has 1 atom stereocenters. The van der Waals surface area contributed by atoms with Crippen molar-refractivity contribution in [3.05, 3.63) is 83.7 Å². The molecule has 2 heterocycles. The summed E-state index contributed by atoms with van der Waals surface area (Å²) in [6, 6.07) is 21.1. The minimum atomic E-state index is -0.247. The van der Waals surface area contributed by atoms with Crippen LogP contribution in [0.15, 0.2) is 71.3 Å². The summed E-state index contributed by atoms with van der Waals surface area (Å²) in [7, 11) is 0. The van der Waals surface area contributed by atoms with E-state index in [4.69, 9.17) is 10.3 Å². The van der Waals surface area contributed by atoms with Crippen LogP contribution in [0.1, 0.15) is 23.0 Å². The highest BCUT2D eigenvalue weighted by Gasteiger charge is 2.18. The normalized spacial score (nSPS) is 12.4. The summed E-state index contributed by atoms with van der Waals surface area (Å²) in [6.07, 6.45) is 0.570. The van der Waals surface area contributed by atoms with Gasteiger partial charge in [-0.15, -0.1) is 0 Å². The van der Waals surface area contributed by atoms with Gasteiger partial charge in [0.2, 0.25) is 0 Å². The summed E-state index contributed by atoms with van der Waals surface area (Å²) in [5, 5.41) is 14.5. The number of para-hydroxylation sites is 1. The summed E-state index contributed by atoms with van der Waals surface area (Å²) in [5.41, 5.74) is 11.5. The van der Waals surface area contributed by atoms with Crippen molar-refractivity contribution in [3.63, 3.8) is 0 Å². The number of pyridine rings is 1. The minimum absolute atomic E-state index is 0.0788. The molecule has 0 bridgehead atoms. The standard InChI is InChI=1S/C21H19N3O2/c22-19(12-14-6-5-7-15(13-25)23-14)16-8-1-2-9-17(16)21-18-10-3-4-11-20(18)26-24-21/h1-11,19,25H,12-13,22H2/t19-/m0/s1. The Balaban J connectivity index is 1.71. The van der Waals surface area contributed by atoms with Gasteiger partial charge in [-0.25, -0.2) is 0 Å². The molecule has 5 heteroatoms. The lowest BCUT2D eigenvalue weighted by Crippen LogP contribution is -2.15. The number of aliphatic hydroxyl groups is 1. The van der Waals surface area contributed by atoms with E-state index in [1.807, 2.05) is 60.7 Å². The first-order valence-electron chi connectivity index (χ1n) is 8.51. The molecule has 0 amide bonds. The van der Waals surface area contributed by atoms with E-state index in [2.05, 4.69) is 10.1 Å². The molecular formula is C21H19N3O2. The molecule has 0 spiro atoms. The van der Waals surface area contributed by atoms with Gasteiger partial charge in [0.25, 0.3) is 0 Å². The van der Waals surface area contributed by atoms with E-state index in [-0.39, 0.29) is 12.6 Å². The monoisotopic (exact) mass is 345 g/mol. The Morgan fingerprint density at radius 2 is 1.69 bits per heavy atom. The van der Waals surface area contributed by atoms with Crippen LogP contribution in [0, 0.1) is 0 Å². The second kappa shape index (κ2) is 7.07. The molecule has 0 aliphatic rings. The Morgan fingerprint density at radius 1 is 0.923 bits per heavy atom. The third-order valence-corrected chi connectivity index (χ3v) is 4.45. The van der Waals surface area contributed by atoms with Gasteiger partial charge in [-0.1, -0.05) is 47.6 Å². The average molecular weight is 345 g/mol. The van der Waals surface area contributed by atoms with Crippen LogP contribution in [-0.2, 0) is 13.0 Å². The summed E-state index contributed by atoms with van der Waals surface area (Å²) in [6.45, 7) is -0.0788. The van der Waals surface area contributed by atoms with Crippen LogP contribution in [0.25, 0.3) is 22.2 Å². The molecule has 2 aromatic heterocycles. The topological polar surface area (TPSA) is 85.2 Å². The van der Waals surface area contributed by atoms with Crippen LogP contribution in [0.5, 0.6) is 0 Å². The highest BCUT2D eigenvalue weighted by atomic mass is 16.5. The van der Waals surface area contributed by atoms with Gasteiger partial charge in [-0.05, 0) is 29.8 Å². The van der Waals surface area contributed by atoms with Gasteiger partial charge in [0.15, 0.2) is 5.58 Å². The van der Waals surface area contributed by atoms with E-state index in [0.29, 0.717) is 12.1 Å². The zero-order valence-electron chi connectivity index (χ0n) is 14.2. The van der Waals surface area contributed by atoms with Crippen LogP contribution in [0.4, 0.5) is 0 Å². The number of fused-ring (bicyclic) bond motifs is 1.